The fraction of sp³-hybridized carbons (Fsp3) is 0.0714. The smallest absolute Gasteiger partial charge is 0.264 e. The van der Waals surface area contributed by atoms with Crippen LogP contribution in [0.1, 0.15) is 22.3 Å². The molecule has 0 aliphatic carbocycles. The van der Waals surface area contributed by atoms with Gasteiger partial charge in [-0.2, -0.15) is 0 Å². The molecular formula is C14H8Br2F2I2O. The maximum absolute atomic E-state index is 12.1. The van der Waals surface area contributed by atoms with Gasteiger partial charge in [-0.3, -0.25) is 4.79 Å². The molecule has 0 atom stereocenters. The van der Waals surface area contributed by atoms with E-state index in [4.69, 9.17) is 0 Å². The van der Waals surface area contributed by atoms with E-state index in [-0.39, 0.29) is 5.56 Å². The minimum absolute atomic E-state index is 0.0467. The first-order valence-electron chi connectivity index (χ1n) is 5.48. The van der Waals surface area contributed by atoms with Crippen LogP contribution in [0.15, 0.2) is 45.3 Å². The molecule has 0 unspecified atom stereocenters. The predicted octanol–water partition coefficient (Wildman–Crippen LogP) is 6.86. The first-order valence-corrected chi connectivity index (χ1v) is 9.22. The third kappa shape index (κ3) is 6.57. The average Bonchev–Trinajstić information content (AvgIpc) is 2.39. The zero-order valence-corrected chi connectivity index (χ0v) is 17.8. The summed E-state index contributed by atoms with van der Waals surface area (Å²) in [5.41, 5.74) is 0.742. The van der Waals surface area contributed by atoms with E-state index in [1.165, 1.54) is 6.07 Å². The molecule has 0 spiro atoms. The van der Waals surface area contributed by atoms with E-state index in [1.54, 1.807) is 18.2 Å². The molecule has 7 heteroatoms. The standard InChI is InChI=1S/C7H4BrF2I.C7H4BrIO/c8-6-3-4(11)1-2-5(6)7(9)10;8-7-3-6(9)2-1-5(7)4-10/h1-3,7H;1-4H. The van der Waals surface area contributed by atoms with E-state index < -0.39 is 6.43 Å². The molecule has 0 saturated carbocycles. The molecule has 0 fully saturated rings. The van der Waals surface area contributed by atoms with Crippen molar-refractivity contribution in [2.75, 3.05) is 0 Å². The predicted molar refractivity (Wildman–Crippen MR) is 104 cm³/mol. The Morgan fingerprint density at radius 1 is 0.952 bits per heavy atom. The van der Waals surface area contributed by atoms with Crippen molar-refractivity contribution >= 4 is 83.3 Å². The van der Waals surface area contributed by atoms with Crippen molar-refractivity contribution in [2.45, 2.75) is 6.43 Å². The van der Waals surface area contributed by atoms with Gasteiger partial charge in [0.1, 0.15) is 0 Å². The van der Waals surface area contributed by atoms with Crippen molar-refractivity contribution in [3.63, 3.8) is 0 Å². The van der Waals surface area contributed by atoms with Gasteiger partial charge in [-0.25, -0.2) is 8.78 Å². The Labute approximate surface area is 165 Å². The molecule has 0 amide bonds. The summed E-state index contributed by atoms with van der Waals surface area (Å²) >= 11 is 10.6. The van der Waals surface area contributed by atoms with Crippen LogP contribution in [0, 0.1) is 7.14 Å². The highest BCUT2D eigenvalue weighted by Crippen LogP contribution is 2.28. The van der Waals surface area contributed by atoms with Crippen LogP contribution >= 0.6 is 77.0 Å². The molecule has 0 N–H and O–H groups in total. The lowest BCUT2D eigenvalue weighted by Gasteiger charge is -2.02. The molecular weight excluding hydrogens is 636 g/mol. The van der Waals surface area contributed by atoms with Gasteiger partial charge in [0.25, 0.3) is 6.43 Å². The summed E-state index contributed by atoms with van der Waals surface area (Å²) in [4.78, 5) is 10.3. The van der Waals surface area contributed by atoms with Crippen molar-refractivity contribution < 1.29 is 13.6 Å². The number of carbonyl (C=O) groups is 1. The molecule has 0 aliphatic rings. The van der Waals surface area contributed by atoms with Gasteiger partial charge in [-0.15, -0.1) is 0 Å². The molecule has 21 heavy (non-hydrogen) atoms. The molecule has 2 aromatic rings. The number of hydrogen-bond acceptors (Lipinski definition) is 1. The zero-order valence-electron chi connectivity index (χ0n) is 10.3. The summed E-state index contributed by atoms with van der Waals surface area (Å²) in [5.74, 6) is 0. The Morgan fingerprint density at radius 3 is 1.90 bits per heavy atom. The van der Waals surface area contributed by atoms with E-state index in [9.17, 15) is 13.6 Å². The van der Waals surface area contributed by atoms with Crippen molar-refractivity contribution in [1.82, 2.24) is 0 Å². The molecule has 0 bridgehead atoms. The molecule has 112 valence electrons. The van der Waals surface area contributed by atoms with Crippen molar-refractivity contribution in [1.29, 1.82) is 0 Å². The van der Waals surface area contributed by atoms with Gasteiger partial charge in [0, 0.05) is 27.2 Å². The second kappa shape index (κ2) is 9.51. The van der Waals surface area contributed by atoms with Crippen molar-refractivity contribution in [3.05, 3.63) is 63.6 Å². The first-order chi connectivity index (χ1) is 9.85. The lowest BCUT2D eigenvalue weighted by Crippen LogP contribution is -1.85. The highest BCUT2D eigenvalue weighted by Gasteiger charge is 2.10. The van der Waals surface area contributed by atoms with E-state index in [2.05, 4.69) is 77.0 Å². The van der Waals surface area contributed by atoms with Crippen LogP contribution in [-0.2, 0) is 0 Å². The lowest BCUT2D eigenvalue weighted by atomic mass is 10.2. The van der Waals surface area contributed by atoms with Gasteiger partial charge in [-0.1, -0.05) is 37.9 Å². The number of carbonyl (C=O) groups excluding carboxylic acids is 1. The van der Waals surface area contributed by atoms with Gasteiger partial charge in [-0.05, 0) is 75.5 Å². The SMILES string of the molecule is FC(F)c1ccc(I)cc1Br.O=Cc1ccc(I)cc1Br. The molecule has 0 aliphatic heterocycles. The fourth-order valence-electron chi connectivity index (χ4n) is 1.28. The van der Waals surface area contributed by atoms with Crippen LogP contribution in [0.25, 0.3) is 0 Å². The Hall–Kier alpha value is 0.390. The maximum Gasteiger partial charge on any atom is 0.264 e. The van der Waals surface area contributed by atoms with Crippen LogP contribution < -0.4 is 0 Å². The Kier molecular flexibility index (Phi) is 8.80. The van der Waals surface area contributed by atoms with Crippen LogP contribution in [0.3, 0.4) is 0 Å². The van der Waals surface area contributed by atoms with Crippen LogP contribution in [0.2, 0.25) is 0 Å². The molecule has 1 nitrogen and oxygen atoms in total. The molecule has 2 aromatic carbocycles. The third-order valence-electron chi connectivity index (χ3n) is 2.29. The van der Waals surface area contributed by atoms with Crippen molar-refractivity contribution in [3.8, 4) is 0 Å². The van der Waals surface area contributed by atoms with Gasteiger partial charge < -0.3 is 0 Å². The second-order valence-corrected chi connectivity index (χ2v) is 7.95. The Morgan fingerprint density at radius 2 is 1.48 bits per heavy atom. The van der Waals surface area contributed by atoms with Gasteiger partial charge in [0.15, 0.2) is 6.29 Å². The molecule has 0 radical (unpaired) electrons. The van der Waals surface area contributed by atoms with E-state index in [1.807, 2.05) is 12.1 Å². The fourth-order valence-corrected chi connectivity index (χ4v) is 4.14. The molecule has 0 heterocycles. The van der Waals surface area contributed by atoms with Crippen LogP contribution in [0.4, 0.5) is 8.78 Å². The Bertz CT molecular complexity index is 636. The highest BCUT2D eigenvalue weighted by molar-refractivity contribution is 14.1. The quantitative estimate of drug-likeness (QED) is 0.258. The highest BCUT2D eigenvalue weighted by atomic mass is 127. The number of halogens is 6. The van der Waals surface area contributed by atoms with E-state index in [0.29, 0.717) is 10.0 Å². The summed E-state index contributed by atoms with van der Waals surface area (Å²) in [7, 11) is 0. The normalized spacial score (nSPS) is 10.0. The van der Waals surface area contributed by atoms with E-state index in [0.717, 1.165) is 17.9 Å². The number of rotatable bonds is 2. The minimum Gasteiger partial charge on any atom is -0.298 e. The number of aldehydes is 1. The van der Waals surface area contributed by atoms with Crippen LogP contribution in [-0.4, -0.2) is 6.29 Å². The van der Waals surface area contributed by atoms with Gasteiger partial charge >= 0.3 is 0 Å². The lowest BCUT2D eigenvalue weighted by molar-refractivity contribution is 0.112. The first kappa shape index (κ1) is 19.4. The monoisotopic (exact) mass is 642 g/mol. The number of alkyl halides is 2. The molecule has 2 rings (SSSR count). The minimum atomic E-state index is -2.40. The third-order valence-corrected chi connectivity index (χ3v) is 5.00. The number of benzene rings is 2. The summed E-state index contributed by atoms with van der Waals surface area (Å²) in [6, 6.07) is 10.4. The topological polar surface area (TPSA) is 17.1 Å². The van der Waals surface area contributed by atoms with Crippen molar-refractivity contribution in [2.24, 2.45) is 0 Å². The van der Waals surface area contributed by atoms with Crippen LogP contribution in [0.5, 0.6) is 0 Å². The van der Waals surface area contributed by atoms with Gasteiger partial charge in [0.2, 0.25) is 0 Å². The maximum atomic E-state index is 12.1. The zero-order chi connectivity index (χ0) is 16.0. The molecule has 0 saturated heterocycles. The molecule has 0 aromatic heterocycles. The van der Waals surface area contributed by atoms with E-state index >= 15 is 0 Å². The number of hydrogen-bond donors (Lipinski definition) is 0. The summed E-state index contributed by atoms with van der Waals surface area (Å²) < 4.78 is 27.6. The average molecular weight is 644 g/mol. The van der Waals surface area contributed by atoms with Gasteiger partial charge in [0.05, 0.1) is 0 Å². The summed E-state index contributed by atoms with van der Waals surface area (Å²) in [6.45, 7) is 0. The largest absolute Gasteiger partial charge is 0.298 e. The summed E-state index contributed by atoms with van der Waals surface area (Å²) in [5, 5.41) is 0. The summed E-state index contributed by atoms with van der Waals surface area (Å²) in [6.07, 6.45) is -1.57. The Balaban J connectivity index is 0.000000211. The second-order valence-electron chi connectivity index (χ2n) is 3.75.